The van der Waals surface area contributed by atoms with Crippen molar-refractivity contribution < 1.29 is 9.21 Å². The molecular formula is C23H17NO3. The van der Waals surface area contributed by atoms with E-state index in [9.17, 15) is 9.59 Å². The quantitative estimate of drug-likeness (QED) is 0.397. The molecule has 0 atom stereocenters. The van der Waals surface area contributed by atoms with Gasteiger partial charge in [-0.3, -0.25) is 4.79 Å². The summed E-state index contributed by atoms with van der Waals surface area (Å²) in [6.45, 7) is 3.50. The van der Waals surface area contributed by atoms with Crippen LogP contribution < -0.4 is 5.76 Å². The molecule has 0 fully saturated rings. The number of carbonyl (C=O) groups excluding carboxylic acids is 1. The summed E-state index contributed by atoms with van der Waals surface area (Å²) < 4.78 is 6.38. The molecule has 132 valence electrons. The van der Waals surface area contributed by atoms with E-state index < -0.39 is 11.7 Å². The standard InChI is InChI=1S/C23H17NO3/c1-2-20(25)24-22-18(14-9-15-19(22)27-23(24)26)21(16-10-5-3-6-11-16)17-12-7-4-8-13-17/h2-15,21H,1H2. The number of aromatic nitrogens is 1. The SMILES string of the molecule is C=CC(=O)n1c(=O)oc2cccc(C(c3ccccc3)c3ccccc3)c21. The molecule has 27 heavy (non-hydrogen) atoms. The van der Waals surface area contributed by atoms with E-state index in [0.717, 1.165) is 27.3 Å². The molecule has 0 N–H and O–H groups in total. The molecule has 0 saturated heterocycles. The second-order valence-electron chi connectivity index (χ2n) is 6.19. The fraction of sp³-hybridized carbons (Fsp3) is 0.0435. The van der Waals surface area contributed by atoms with E-state index in [1.807, 2.05) is 72.8 Å². The van der Waals surface area contributed by atoms with Crippen molar-refractivity contribution in [3.05, 3.63) is 119 Å². The predicted molar refractivity (Wildman–Crippen MR) is 105 cm³/mol. The summed E-state index contributed by atoms with van der Waals surface area (Å²) in [6, 6.07) is 25.4. The van der Waals surface area contributed by atoms with Gasteiger partial charge in [-0.1, -0.05) is 79.4 Å². The van der Waals surface area contributed by atoms with Gasteiger partial charge in [0.05, 0.1) is 0 Å². The first-order chi connectivity index (χ1) is 13.2. The third-order valence-corrected chi connectivity index (χ3v) is 4.61. The highest BCUT2D eigenvalue weighted by molar-refractivity contribution is 5.97. The average Bonchev–Trinajstić information content (AvgIpc) is 3.06. The Bertz CT molecular complexity index is 1130. The van der Waals surface area contributed by atoms with Crippen LogP contribution in [0.2, 0.25) is 0 Å². The van der Waals surface area contributed by atoms with E-state index in [-0.39, 0.29) is 5.92 Å². The second-order valence-corrected chi connectivity index (χ2v) is 6.19. The molecule has 1 aromatic heterocycles. The minimum absolute atomic E-state index is 0.156. The number of benzene rings is 3. The van der Waals surface area contributed by atoms with E-state index in [1.165, 1.54) is 0 Å². The first kappa shape index (κ1) is 16.8. The molecule has 4 rings (SSSR count). The first-order valence-corrected chi connectivity index (χ1v) is 8.62. The maximum absolute atomic E-state index is 12.3. The molecule has 4 nitrogen and oxygen atoms in total. The Morgan fingerprint density at radius 3 is 2.04 bits per heavy atom. The van der Waals surface area contributed by atoms with Crippen molar-refractivity contribution in [3.8, 4) is 0 Å². The number of hydrogen-bond acceptors (Lipinski definition) is 3. The van der Waals surface area contributed by atoms with Gasteiger partial charge >= 0.3 is 5.76 Å². The predicted octanol–water partition coefficient (Wildman–Crippen LogP) is 4.60. The Labute approximate surface area is 156 Å². The first-order valence-electron chi connectivity index (χ1n) is 8.62. The number of para-hydroxylation sites is 1. The third kappa shape index (κ3) is 2.91. The van der Waals surface area contributed by atoms with Gasteiger partial charge in [0.25, 0.3) is 5.91 Å². The molecule has 0 aliphatic rings. The molecule has 0 spiro atoms. The fourth-order valence-corrected chi connectivity index (χ4v) is 3.46. The lowest BCUT2D eigenvalue weighted by Gasteiger charge is -2.20. The summed E-state index contributed by atoms with van der Waals surface area (Å²) in [5.41, 5.74) is 3.80. The van der Waals surface area contributed by atoms with Crippen LogP contribution in [0.4, 0.5) is 0 Å². The Kier molecular flexibility index (Phi) is 4.30. The second kappa shape index (κ2) is 6.92. The Balaban J connectivity index is 2.07. The van der Waals surface area contributed by atoms with Crippen LogP contribution in [-0.4, -0.2) is 10.5 Å². The Morgan fingerprint density at radius 1 is 0.889 bits per heavy atom. The molecule has 4 aromatic rings. The van der Waals surface area contributed by atoms with E-state index >= 15 is 0 Å². The fourth-order valence-electron chi connectivity index (χ4n) is 3.46. The van der Waals surface area contributed by atoms with Crippen molar-refractivity contribution in [1.29, 1.82) is 0 Å². The lowest BCUT2D eigenvalue weighted by molar-refractivity contribution is 0.0965. The van der Waals surface area contributed by atoms with Crippen molar-refractivity contribution >= 4 is 17.0 Å². The normalized spacial score (nSPS) is 11.0. The highest BCUT2D eigenvalue weighted by atomic mass is 16.4. The molecule has 0 amide bonds. The van der Waals surface area contributed by atoms with Crippen molar-refractivity contribution in [2.24, 2.45) is 0 Å². The van der Waals surface area contributed by atoms with E-state index in [4.69, 9.17) is 4.42 Å². The van der Waals surface area contributed by atoms with Gasteiger partial charge < -0.3 is 4.42 Å². The minimum atomic E-state index is -0.706. The van der Waals surface area contributed by atoms with Gasteiger partial charge in [-0.2, -0.15) is 0 Å². The molecule has 0 aliphatic carbocycles. The van der Waals surface area contributed by atoms with Crippen LogP contribution in [0.25, 0.3) is 11.1 Å². The molecule has 3 aromatic carbocycles. The van der Waals surface area contributed by atoms with Crippen LogP contribution >= 0.6 is 0 Å². The summed E-state index contributed by atoms with van der Waals surface area (Å²) >= 11 is 0. The van der Waals surface area contributed by atoms with Gasteiger partial charge in [0.15, 0.2) is 5.58 Å². The van der Waals surface area contributed by atoms with Crippen LogP contribution in [0, 0.1) is 0 Å². The molecule has 4 heteroatoms. The number of hydrogen-bond donors (Lipinski definition) is 0. The number of oxazole rings is 1. The smallest absolute Gasteiger partial charge is 0.407 e. The number of carbonyl (C=O) groups is 1. The zero-order chi connectivity index (χ0) is 18.8. The Hall–Kier alpha value is -3.66. The zero-order valence-corrected chi connectivity index (χ0v) is 14.5. The van der Waals surface area contributed by atoms with Crippen LogP contribution in [0.3, 0.4) is 0 Å². The lowest BCUT2D eigenvalue weighted by Crippen LogP contribution is -2.21. The third-order valence-electron chi connectivity index (χ3n) is 4.61. The topological polar surface area (TPSA) is 52.2 Å². The van der Waals surface area contributed by atoms with Gasteiger partial charge in [0.2, 0.25) is 0 Å². The largest absolute Gasteiger partial charge is 0.427 e. The Morgan fingerprint density at radius 2 is 1.48 bits per heavy atom. The van der Waals surface area contributed by atoms with Gasteiger partial charge in [-0.15, -0.1) is 0 Å². The van der Waals surface area contributed by atoms with Crippen LogP contribution in [0.15, 0.2) is 101 Å². The maximum atomic E-state index is 12.3. The van der Waals surface area contributed by atoms with E-state index in [2.05, 4.69) is 6.58 Å². The van der Waals surface area contributed by atoms with Gasteiger partial charge in [0.1, 0.15) is 5.52 Å². The highest BCUT2D eigenvalue weighted by Crippen LogP contribution is 2.35. The molecule has 0 aliphatic heterocycles. The monoisotopic (exact) mass is 355 g/mol. The number of rotatable bonds is 4. The average molecular weight is 355 g/mol. The van der Waals surface area contributed by atoms with Crippen LogP contribution in [0.5, 0.6) is 0 Å². The molecular weight excluding hydrogens is 338 g/mol. The van der Waals surface area contributed by atoms with Crippen molar-refractivity contribution in [1.82, 2.24) is 4.57 Å². The van der Waals surface area contributed by atoms with Crippen molar-refractivity contribution in [3.63, 3.8) is 0 Å². The molecule has 0 unspecified atom stereocenters. The summed E-state index contributed by atoms with van der Waals surface area (Å²) in [6.07, 6.45) is 1.12. The van der Waals surface area contributed by atoms with Gasteiger partial charge in [-0.05, 0) is 28.8 Å². The van der Waals surface area contributed by atoms with Crippen LogP contribution in [-0.2, 0) is 0 Å². The van der Waals surface area contributed by atoms with Gasteiger partial charge in [-0.25, -0.2) is 9.36 Å². The van der Waals surface area contributed by atoms with Crippen molar-refractivity contribution in [2.75, 3.05) is 0 Å². The number of allylic oxidation sites excluding steroid dienone is 1. The molecule has 1 heterocycles. The summed E-state index contributed by atoms with van der Waals surface area (Å²) in [4.78, 5) is 24.7. The molecule has 0 radical (unpaired) electrons. The van der Waals surface area contributed by atoms with Crippen LogP contribution in [0.1, 0.15) is 27.4 Å². The zero-order valence-electron chi connectivity index (χ0n) is 14.5. The highest BCUT2D eigenvalue weighted by Gasteiger charge is 2.24. The van der Waals surface area contributed by atoms with E-state index in [1.54, 1.807) is 6.07 Å². The summed E-state index contributed by atoms with van der Waals surface area (Å²) in [7, 11) is 0. The minimum Gasteiger partial charge on any atom is -0.407 e. The van der Waals surface area contributed by atoms with Crippen molar-refractivity contribution in [2.45, 2.75) is 5.92 Å². The van der Waals surface area contributed by atoms with E-state index in [0.29, 0.717) is 11.1 Å². The molecule has 0 saturated carbocycles. The van der Waals surface area contributed by atoms with Gasteiger partial charge in [0, 0.05) is 5.92 Å². The molecule has 0 bridgehead atoms. The lowest BCUT2D eigenvalue weighted by atomic mass is 9.84. The summed E-state index contributed by atoms with van der Waals surface area (Å²) in [5, 5.41) is 0. The number of nitrogens with zero attached hydrogens (tertiary/aromatic N) is 1. The maximum Gasteiger partial charge on any atom is 0.427 e. The number of fused-ring (bicyclic) bond motifs is 1. The summed E-state index contributed by atoms with van der Waals surface area (Å²) in [5.74, 6) is -1.37.